The van der Waals surface area contributed by atoms with Crippen molar-refractivity contribution in [1.29, 1.82) is 0 Å². The molecule has 0 aliphatic carbocycles. The van der Waals surface area contributed by atoms with Gasteiger partial charge in [0.05, 0.1) is 39.7 Å². The van der Waals surface area contributed by atoms with E-state index in [1.165, 1.54) is 27.5 Å². The minimum absolute atomic E-state index is 0.252. The zero-order chi connectivity index (χ0) is 26.6. The van der Waals surface area contributed by atoms with Crippen LogP contribution in [0.5, 0.6) is 28.7 Å². The zero-order valence-electron chi connectivity index (χ0n) is 21.3. The summed E-state index contributed by atoms with van der Waals surface area (Å²) in [6.45, 7) is 2.73. The van der Waals surface area contributed by atoms with Crippen LogP contribution in [0.4, 0.5) is 0 Å². The van der Waals surface area contributed by atoms with E-state index in [1.807, 2.05) is 0 Å². The van der Waals surface area contributed by atoms with Gasteiger partial charge < -0.3 is 23.7 Å². The Morgan fingerprint density at radius 3 is 2.14 bits per heavy atom. The number of rotatable bonds is 12. The van der Waals surface area contributed by atoms with Crippen molar-refractivity contribution < 1.29 is 33.3 Å². The Bertz CT molecular complexity index is 1240. The maximum atomic E-state index is 12.6. The zero-order valence-corrected chi connectivity index (χ0v) is 21.3. The van der Waals surface area contributed by atoms with E-state index in [2.05, 4.69) is 17.5 Å². The van der Waals surface area contributed by atoms with Gasteiger partial charge in [-0.1, -0.05) is 13.3 Å². The number of esters is 1. The van der Waals surface area contributed by atoms with Crippen molar-refractivity contribution in [1.82, 2.24) is 5.43 Å². The number of amides is 1. The van der Waals surface area contributed by atoms with E-state index < -0.39 is 11.9 Å². The fourth-order valence-electron chi connectivity index (χ4n) is 3.24. The molecule has 0 heterocycles. The van der Waals surface area contributed by atoms with Crippen LogP contribution in [0.2, 0.25) is 0 Å². The second kappa shape index (κ2) is 13.5. The summed E-state index contributed by atoms with van der Waals surface area (Å²) in [7, 11) is 4.48. The van der Waals surface area contributed by atoms with Crippen molar-refractivity contribution in [2.24, 2.45) is 5.10 Å². The fourth-order valence-corrected chi connectivity index (χ4v) is 3.24. The summed E-state index contributed by atoms with van der Waals surface area (Å²) in [6, 6.07) is 16.5. The number of carbonyl (C=O) groups excluding carboxylic acids is 2. The highest BCUT2D eigenvalue weighted by atomic mass is 16.6. The molecule has 3 aromatic carbocycles. The average Bonchev–Trinajstić information content (AvgIpc) is 2.93. The second-order valence-corrected chi connectivity index (χ2v) is 7.80. The van der Waals surface area contributed by atoms with E-state index >= 15 is 0 Å². The summed E-state index contributed by atoms with van der Waals surface area (Å²) in [4.78, 5) is 25.0. The van der Waals surface area contributed by atoms with Crippen LogP contribution < -0.4 is 29.1 Å². The number of benzene rings is 3. The predicted octanol–water partition coefficient (Wildman–Crippen LogP) is 4.87. The number of carbonyl (C=O) groups is 2. The summed E-state index contributed by atoms with van der Waals surface area (Å²) in [6.07, 6.45) is 3.46. The van der Waals surface area contributed by atoms with Crippen LogP contribution in [-0.2, 0) is 0 Å². The summed E-state index contributed by atoms with van der Waals surface area (Å²) >= 11 is 0. The van der Waals surface area contributed by atoms with Crippen molar-refractivity contribution in [2.45, 2.75) is 19.8 Å². The predicted molar refractivity (Wildman–Crippen MR) is 139 cm³/mol. The average molecular weight is 507 g/mol. The molecule has 0 saturated heterocycles. The molecule has 3 aromatic rings. The van der Waals surface area contributed by atoms with Crippen molar-refractivity contribution in [2.75, 3.05) is 27.9 Å². The van der Waals surface area contributed by atoms with Crippen molar-refractivity contribution in [3.05, 3.63) is 77.4 Å². The van der Waals surface area contributed by atoms with E-state index in [4.69, 9.17) is 23.7 Å². The Balaban J connectivity index is 1.62. The topological polar surface area (TPSA) is 105 Å². The van der Waals surface area contributed by atoms with Crippen LogP contribution in [0.1, 0.15) is 46.0 Å². The van der Waals surface area contributed by atoms with Gasteiger partial charge in [0.15, 0.2) is 23.0 Å². The summed E-state index contributed by atoms with van der Waals surface area (Å²) < 4.78 is 26.9. The molecule has 0 saturated carbocycles. The lowest BCUT2D eigenvalue weighted by Crippen LogP contribution is -2.17. The molecule has 9 heteroatoms. The number of nitrogens with one attached hydrogen (secondary N) is 1. The lowest BCUT2D eigenvalue weighted by Gasteiger charge is -2.10. The summed E-state index contributed by atoms with van der Waals surface area (Å²) in [5.41, 5.74) is 3.82. The Labute approximate surface area is 216 Å². The maximum absolute atomic E-state index is 12.6. The molecule has 194 valence electrons. The number of nitrogens with zero attached hydrogens (tertiary/aromatic N) is 1. The van der Waals surface area contributed by atoms with Crippen LogP contribution in [0.25, 0.3) is 0 Å². The monoisotopic (exact) mass is 506 g/mol. The van der Waals surface area contributed by atoms with Gasteiger partial charge in [-0.2, -0.15) is 5.10 Å². The van der Waals surface area contributed by atoms with Gasteiger partial charge in [0.1, 0.15) is 5.75 Å². The molecule has 0 aromatic heterocycles. The molecule has 0 atom stereocenters. The highest BCUT2D eigenvalue weighted by molar-refractivity contribution is 5.95. The SMILES string of the molecule is CCCCOc1ccc(C(=O)Oc2ccc(/C=N/NC(=O)c3ccc(OC)c(OC)c3)cc2OC)cc1. The van der Waals surface area contributed by atoms with Gasteiger partial charge in [0.2, 0.25) is 0 Å². The van der Waals surface area contributed by atoms with Gasteiger partial charge in [0, 0.05) is 5.56 Å². The summed E-state index contributed by atoms with van der Waals surface area (Å²) in [5, 5.41) is 3.99. The van der Waals surface area contributed by atoms with Crippen LogP contribution in [0, 0.1) is 0 Å². The van der Waals surface area contributed by atoms with Crippen LogP contribution >= 0.6 is 0 Å². The Kier molecular flexibility index (Phi) is 9.90. The molecule has 0 fully saturated rings. The van der Waals surface area contributed by atoms with Crippen molar-refractivity contribution >= 4 is 18.1 Å². The first-order chi connectivity index (χ1) is 18.0. The molecule has 1 N–H and O–H groups in total. The van der Waals surface area contributed by atoms with E-state index in [0.29, 0.717) is 46.3 Å². The van der Waals surface area contributed by atoms with E-state index in [1.54, 1.807) is 60.7 Å². The number of hydrogen-bond acceptors (Lipinski definition) is 8. The molecule has 0 spiro atoms. The third-order valence-electron chi connectivity index (χ3n) is 5.27. The van der Waals surface area contributed by atoms with Crippen LogP contribution in [0.15, 0.2) is 65.8 Å². The molecule has 0 unspecified atom stereocenters. The lowest BCUT2D eigenvalue weighted by atomic mass is 10.2. The molecular weight excluding hydrogens is 476 g/mol. The number of hydrogen-bond donors (Lipinski definition) is 1. The van der Waals surface area contributed by atoms with E-state index in [0.717, 1.165) is 12.8 Å². The number of methoxy groups -OCH3 is 3. The highest BCUT2D eigenvalue weighted by Crippen LogP contribution is 2.29. The minimum Gasteiger partial charge on any atom is -0.494 e. The molecule has 0 aliphatic heterocycles. The van der Waals surface area contributed by atoms with Crippen molar-refractivity contribution in [3.8, 4) is 28.7 Å². The standard InChI is InChI=1S/C28H30N2O7/c1-5-6-15-36-22-11-8-20(9-12-22)28(32)37-24-13-7-19(16-25(24)34-3)18-29-30-27(31)21-10-14-23(33-2)26(17-21)35-4/h7-14,16-18H,5-6,15H2,1-4H3,(H,30,31)/b29-18+. The first-order valence-corrected chi connectivity index (χ1v) is 11.7. The smallest absolute Gasteiger partial charge is 0.343 e. The van der Waals surface area contributed by atoms with Gasteiger partial charge in [-0.3, -0.25) is 4.79 Å². The van der Waals surface area contributed by atoms with Crippen molar-refractivity contribution in [3.63, 3.8) is 0 Å². The Hall–Kier alpha value is -4.53. The molecule has 9 nitrogen and oxygen atoms in total. The van der Waals surface area contributed by atoms with Gasteiger partial charge in [-0.15, -0.1) is 0 Å². The quantitative estimate of drug-likeness (QED) is 0.123. The first-order valence-electron chi connectivity index (χ1n) is 11.7. The van der Waals surface area contributed by atoms with Gasteiger partial charge in [0.25, 0.3) is 5.91 Å². The van der Waals surface area contributed by atoms with Gasteiger partial charge in [-0.25, -0.2) is 10.2 Å². The van der Waals surface area contributed by atoms with Crippen LogP contribution in [-0.4, -0.2) is 46.0 Å². The second-order valence-electron chi connectivity index (χ2n) is 7.80. The minimum atomic E-state index is -0.526. The molecule has 3 rings (SSSR count). The number of unbranched alkanes of at least 4 members (excludes halogenated alkanes) is 1. The molecular formula is C28H30N2O7. The largest absolute Gasteiger partial charge is 0.494 e. The third-order valence-corrected chi connectivity index (χ3v) is 5.27. The fraction of sp³-hybridized carbons (Fsp3) is 0.250. The first kappa shape index (κ1) is 27.1. The summed E-state index contributed by atoms with van der Waals surface area (Å²) in [5.74, 6) is 1.29. The Morgan fingerprint density at radius 1 is 0.811 bits per heavy atom. The highest BCUT2D eigenvalue weighted by Gasteiger charge is 2.14. The normalized spacial score (nSPS) is 10.6. The van der Waals surface area contributed by atoms with E-state index in [-0.39, 0.29) is 5.75 Å². The molecule has 0 aliphatic rings. The van der Waals surface area contributed by atoms with Gasteiger partial charge in [-0.05, 0) is 72.6 Å². The maximum Gasteiger partial charge on any atom is 0.343 e. The molecule has 0 bridgehead atoms. The third kappa shape index (κ3) is 7.47. The number of ether oxygens (including phenoxy) is 5. The lowest BCUT2D eigenvalue weighted by molar-refractivity contribution is 0.0729. The molecule has 1 amide bonds. The van der Waals surface area contributed by atoms with Crippen LogP contribution in [0.3, 0.4) is 0 Å². The number of hydrazone groups is 1. The molecule has 37 heavy (non-hydrogen) atoms. The molecule has 0 radical (unpaired) electrons. The Morgan fingerprint density at radius 2 is 1.46 bits per heavy atom. The van der Waals surface area contributed by atoms with Gasteiger partial charge >= 0.3 is 5.97 Å². The van der Waals surface area contributed by atoms with E-state index in [9.17, 15) is 9.59 Å².